The highest BCUT2D eigenvalue weighted by molar-refractivity contribution is 6.34. The molecule has 0 saturated heterocycles. The first-order valence-corrected chi connectivity index (χ1v) is 12.1. The van der Waals surface area contributed by atoms with Crippen molar-refractivity contribution in [2.24, 2.45) is 0 Å². The van der Waals surface area contributed by atoms with Crippen LogP contribution in [0.25, 0.3) is 11.6 Å². The Labute approximate surface area is 210 Å². The number of aromatic amines is 1. The second-order valence-electron chi connectivity index (χ2n) is 8.92. The Bertz CT molecular complexity index is 1340. The fourth-order valence-corrected chi connectivity index (χ4v) is 4.39. The third-order valence-corrected chi connectivity index (χ3v) is 6.30. The summed E-state index contributed by atoms with van der Waals surface area (Å²) in [4.78, 5) is 40.7. The van der Waals surface area contributed by atoms with E-state index < -0.39 is 0 Å². The number of hydrogen-bond donors (Lipinski definition) is 5. The minimum atomic E-state index is -0.158. The first-order chi connectivity index (χ1) is 17.3. The van der Waals surface area contributed by atoms with E-state index in [4.69, 9.17) is 5.73 Å². The number of aromatic nitrogens is 1. The van der Waals surface area contributed by atoms with Crippen LogP contribution < -0.4 is 21.7 Å². The van der Waals surface area contributed by atoms with Gasteiger partial charge in [0.1, 0.15) is 0 Å². The second kappa shape index (κ2) is 10.9. The number of benzene rings is 2. The van der Waals surface area contributed by atoms with Gasteiger partial charge in [0, 0.05) is 35.6 Å². The van der Waals surface area contributed by atoms with E-state index in [9.17, 15) is 14.4 Å². The fourth-order valence-electron chi connectivity index (χ4n) is 4.39. The van der Waals surface area contributed by atoms with Gasteiger partial charge in [-0.2, -0.15) is 0 Å². The summed E-state index contributed by atoms with van der Waals surface area (Å²) >= 11 is 0. The van der Waals surface area contributed by atoms with E-state index in [1.165, 1.54) is 0 Å². The molecule has 36 heavy (non-hydrogen) atoms. The number of amides is 3. The first-order valence-electron chi connectivity index (χ1n) is 12.1. The summed E-state index contributed by atoms with van der Waals surface area (Å²) in [7, 11) is 0. The molecule has 186 valence electrons. The van der Waals surface area contributed by atoms with Crippen molar-refractivity contribution in [2.75, 3.05) is 22.9 Å². The van der Waals surface area contributed by atoms with Gasteiger partial charge in [0.25, 0.3) is 11.8 Å². The largest absolute Gasteiger partial charge is 0.397 e. The van der Waals surface area contributed by atoms with E-state index in [0.29, 0.717) is 35.5 Å². The molecule has 0 saturated carbocycles. The molecule has 8 nitrogen and oxygen atoms in total. The number of unbranched alkanes of at least 4 members (excludes halogenated alkanes) is 2. The summed E-state index contributed by atoms with van der Waals surface area (Å²) < 4.78 is 0. The molecular formula is C28H31N5O3. The lowest BCUT2D eigenvalue weighted by atomic mass is 10.0. The van der Waals surface area contributed by atoms with E-state index in [1.54, 1.807) is 18.2 Å². The van der Waals surface area contributed by atoms with E-state index in [-0.39, 0.29) is 17.7 Å². The first kappa shape index (κ1) is 24.8. The molecule has 8 heteroatoms. The Balaban J connectivity index is 1.27. The van der Waals surface area contributed by atoms with Gasteiger partial charge >= 0.3 is 0 Å². The zero-order chi connectivity index (χ0) is 25.7. The number of carbonyl (C=O) groups excluding carboxylic acids is 3. The highest BCUT2D eigenvalue weighted by Gasteiger charge is 2.25. The smallest absolute Gasteiger partial charge is 0.256 e. The van der Waals surface area contributed by atoms with Crippen molar-refractivity contribution in [3.8, 4) is 0 Å². The number of para-hydroxylation sites is 3. The second-order valence-corrected chi connectivity index (χ2v) is 8.92. The number of carbonyl (C=O) groups is 3. The van der Waals surface area contributed by atoms with Gasteiger partial charge in [-0.05, 0) is 56.5 Å². The molecule has 3 aromatic rings. The number of H-pyrrole nitrogens is 1. The number of fused-ring (bicyclic) bond motifs is 1. The molecule has 1 aliphatic heterocycles. The average Bonchev–Trinajstić information content (AvgIpc) is 3.32. The fraction of sp³-hybridized carbons (Fsp3) is 0.250. The predicted molar refractivity (Wildman–Crippen MR) is 143 cm³/mol. The summed E-state index contributed by atoms with van der Waals surface area (Å²) in [6.45, 7) is 4.24. The van der Waals surface area contributed by atoms with Crippen LogP contribution in [0.15, 0.2) is 48.5 Å². The van der Waals surface area contributed by atoms with Gasteiger partial charge in [0.2, 0.25) is 5.91 Å². The molecule has 0 aliphatic carbocycles. The maximum Gasteiger partial charge on any atom is 0.256 e. The Morgan fingerprint density at radius 2 is 1.75 bits per heavy atom. The van der Waals surface area contributed by atoms with Crippen LogP contribution in [0.4, 0.5) is 17.1 Å². The van der Waals surface area contributed by atoms with E-state index >= 15 is 0 Å². The number of hydrogen-bond acceptors (Lipinski definition) is 4. The molecule has 0 fully saturated rings. The van der Waals surface area contributed by atoms with Crippen molar-refractivity contribution < 1.29 is 14.4 Å². The number of aryl methyl sites for hydroxylation is 1. The Kier molecular flexibility index (Phi) is 7.53. The predicted octanol–water partition coefficient (Wildman–Crippen LogP) is 4.64. The highest BCUT2D eigenvalue weighted by Crippen LogP contribution is 2.33. The van der Waals surface area contributed by atoms with Crippen molar-refractivity contribution in [1.29, 1.82) is 0 Å². The number of nitrogens with one attached hydrogen (secondary N) is 4. The molecule has 0 spiro atoms. The number of nitrogens with two attached hydrogens (primary N) is 1. The van der Waals surface area contributed by atoms with E-state index in [0.717, 1.165) is 47.5 Å². The molecule has 1 aromatic heterocycles. The zero-order valence-electron chi connectivity index (χ0n) is 20.5. The molecule has 2 aromatic carbocycles. The van der Waals surface area contributed by atoms with Gasteiger partial charge in [-0.25, -0.2) is 0 Å². The van der Waals surface area contributed by atoms with Gasteiger partial charge in [0.05, 0.1) is 22.5 Å². The van der Waals surface area contributed by atoms with E-state index in [1.807, 2.05) is 50.2 Å². The van der Waals surface area contributed by atoms with Crippen LogP contribution in [0.2, 0.25) is 0 Å². The third kappa shape index (κ3) is 5.49. The molecule has 1 aliphatic rings. The Morgan fingerprint density at radius 3 is 2.56 bits per heavy atom. The van der Waals surface area contributed by atoms with E-state index in [2.05, 4.69) is 20.9 Å². The van der Waals surface area contributed by atoms with Crippen LogP contribution in [-0.2, 0) is 9.59 Å². The van der Waals surface area contributed by atoms with Gasteiger partial charge in [-0.3, -0.25) is 14.4 Å². The van der Waals surface area contributed by atoms with Crippen molar-refractivity contribution >= 4 is 46.4 Å². The zero-order valence-corrected chi connectivity index (χ0v) is 20.5. The standard InChI is InChI=1S/C28H31N5O3/c1-17-24(16-20-19-10-5-7-12-22(19)33-27(20)35)31-18(2)26(17)28(36)30-15-9-3-4-14-25(34)32-23-13-8-6-11-21(23)29/h5-8,10-13,16,31H,3-4,9,14-15,29H2,1-2H3,(H,30,36)(H,32,34)(H,33,35)/b20-16-. The van der Waals surface area contributed by atoms with Gasteiger partial charge in [-0.1, -0.05) is 36.8 Å². The lowest BCUT2D eigenvalue weighted by Gasteiger charge is -2.08. The van der Waals surface area contributed by atoms with Crippen LogP contribution in [0, 0.1) is 13.8 Å². The van der Waals surface area contributed by atoms with Crippen molar-refractivity contribution in [3.05, 3.63) is 76.6 Å². The molecular weight excluding hydrogens is 454 g/mol. The van der Waals surface area contributed by atoms with Crippen molar-refractivity contribution in [1.82, 2.24) is 10.3 Å². The van der Waals surface area contributed by atoms with Crippen LogP contribution in [0.3, 0.4) is 0 Å². The highest BCUT2D eigenvalue weighted by atomic mass is 16.2. The monoisotopic (exact) mass is 485 g/mol. The topological polar surface area (TPSA) is 129 Å². The maximum absolute atomic E-state index is 12.9. The molecule has 2 heterocycles. The normalized spacial score (nSPS) is 13.4. The van der Waals surface area contributed by atoms with Crippen LogP contribution in [0.1, 0.15) is 58.6 Å². The Hall–Kier alpha value is -4.33. The summed E-state index contributed by atoms with van der Waals surface area (Å²) in [5.74, 6) is -0.384. The van der Waals surface area contributed by atoms with Gasteiger partial charge in [-0.15, -0.1) is 0 Å². The molecule has 0 atom stereocenters. The molecule has 4 rings (SSSR count). The molecule has 0 bridgehead atoms. The van der Waals surface area contributed by atoms with Crippen molar-refractivity contribution in [2.45, 2.75) is 39.5 Å². The summed E-state index contributed by atoms with van der Waals surface area (Å²) in [6.07, 6.45) is 4.50. The third-order valence-electron chi connectivity index (χ3n) is 6.30. The summed E-state index contributed by atoms with van der Waals surface area (Å²) in [6, 6.07) is 14.7. The van der Waals surface area contributed by atoms with Gasteiger partial charge < -0.3 is 26.7 Å². The maximum atomic E-state index is 12.9. The molecule has 6 N–H and O–H groups in total. The quantitative estimate of drug-likeness (QED) is 0.172. The van der Waals surface area contributed by atoms with Gasteiger partial charge in [0.15, 0.2) is 0 Å². The van der Waals surface area contributed by atoms with Crippen LogP contribution in [0.5, 0.6) is 0 Å². The minimum absolute atomic E-state index is 0.0734. The van der Waals surface area contributed by atoms with Crippen molar-refractivity contribution in [3.63, 3.8) is 0 Å². The summed E-state index contributed by atoms with van der Waals surface area (Å²) in [5, 5.41) is 8.66. The van der Waals surface area contributed by atoms with Crippen LogP contribution in [-0.4, -0.2) is 29.3 Å². The lowest BCUT2D eigenvalue weighted by Crippen LogP contribution is -2.25. The summed E-state index contributed by atoms with van der Waals surface area (Å²) in [5.41, 5.74) is 12.1. The molecule has 0 radical (unpaired) electrons. The number of nitrogen functional groups attached to an aromatic ring is 1. The molecule has 0 unspecified atom stereocenters. The molecule has 3 amide bonds. The SMILES string of the molecule is Cc1[nH]c(/C=C2\C(=O)Nc3ccccc32)c(C)c1C(=O)NCCCCCC(=O)Nc1ccccc1N. The Morgan fingerprint density at radius 1 is 1.00 bits per heavy atom. The van der Waals surface area contributed by atoms with Crippen LogP contribution >= 0.6 is 0 Å². The average molecular weight is 486 g/mol. The number of rotatable bonds is 9. The lowest BCUT2D eigenvalue weighted by molar-refractivity contribution is -0.116. The minimum Gasteiger partial charge on any atom is -0.397 e. The number of anilines is 3.